The van der Waals surface area contributed by atoms with E-state index in [-0.39, 0.29) is 11.7 Å². The van der Waals surface area contributed by atoms with Crippen LogP contribution in [0.2, 0.25) is 0 Å². The molecule has 2 rings (SSSR count). The monoisotopic (exact) mass is 274 g/mol. The van der Waals surface area contributed by atoms with Crippen molar-refractivity contribution in [2.24, 2.45) is 5.73 Å². The number of carbonyl (C=O) groups excluding carboxylic acids is 1. The lowest BCUT2D eigenvalue weighted by Gasteiger charge is -2.18. The van der Waals surface area contributed by atoms with Gasteiger partial charge in [0.15, 0.2) is 0 Å². The van der Waals surface area contributed by atoms with E-state index in [2.05, 4.69) is 30.4 Å². The molecule has 0 spiro atoms. The first-order chi connectivity index (χ1) is 9.56. The third-order valence-corrected chi connectivity index (χ3v) is 3.94. The van der Waals surface area contributed by atoms with Crippen LogP contribution in [0.1, 0.15) is 43.0 Å². The molecule has 1 unspecified atom stereocenters. The van der Waals surface area contributed by atoms with Gasteiger partial charge in [0.05, 0.1) is 11.7 Å². The predicted molar refractivity (Wildman–Crippen MR) is 79.0 cm³/mol. The number of benzene rings is 1. The molecule has 4 heteroatoms. The zero-order chi connectivity index (χ0) is 14.7. The third-order valence-electron chi connectivity index (χ3n) is 3.94. The Morgan fingerprint density at radius 2 is 2.25 bits per heavy atom. The van der Waals surface area contributed by atoms with E-state index < -0.39 is 12.4 Å². The van der Waals surface area contributed by atoms with Crippen LogP contribution in [0.3, 0.4) is 0 Å². The van der Waals surface area contributed by atoms with Crippen molar-refractivity contribution in [1.82, 2.24) is 5.32 Å². The average molecular weight is 274 g/mol. The van der Waals surface area contributed by atoms with Crippen LogP contribution in [0.25, 0.3) is 0 Å². The summed E-state index contributed by atoms with van der Waals surface area (Å²) in [6.45, 7) is 3.37. The van der Waals surface area contributed by atoms with Gasteiger partial charge in [-0.2, -0.15) is 0 Å². The van der Waals surface area contributed by atoms with E-state index in [0.717, 1.165) is 19.3 Å². The van der Waals surface area contributed by atoms with Crippen molar-refractivity contribution in [2.45, 2.75) is 39.2 Å². The van der Waals surface area contributed by atoms with Gasteiger partial charge in [-0.3, -0.25) is 4.79 Å². The summed E-state index contributed by atoms with van der Waals surface area (Å²) in [5, 5.41) is 12.2. The van der Waals surface area contributed by atoms with E-state index >= 15 is 0 Å². The molecule has 0 radical (unpaired) electrons. The van der Waals surface area contributed by atoms with Crippen molar-refractivity contribution in [3.8, 4) is 0 Å². The number of Topliss-reactive ketones (excluding diaryl/α,β-unsaturated/α-hetero) is 1. The van der Waals surface area contributed by atoms with Crippen LogP contribution in [0.4, 0.5) is 0 Å². The summed E-state index contributed by atoms with van der Waals surface area (Å²) in [6, 6.07) is 6.80. The fraction of sp³-hybridized carbons (Fsp3) is 0.438. The largest absolute Gasteiger partial charge is 0.394 e. The minimum Gasteiger partial charge on any atom is -0.394 e. The summed E-state index contributed by atoms with van der Waals surface area (Å²) in [5.74, 6) is -0.435. The van der Waals surface area contributed by atoms with Crippen molar-refractivity contribution in [2.75, 3.05) is 6.61 Å². The molecule has 1 aromatic rings. The van der Waals surface area contributed by atoms with Gasteiger partial charge in [0.2, 0.25) is 5.78 Å². The quantitative estimate of drug-likeness (QED) is 0.713. The first-order valence-electron chi connectivity index (χ1n) is 7.05. The number of hydrogen-bond acceptors (Lipinski definition) is 4. The second kappa shape index (κ2) is 6.09. The maximum atomic E-state index is 11.4. The first-order valence-corrected chi connectivity index (χ1v) is 7.05. The van der Waals surface area contributed by atoms with Crippen molar-refractivity contribution in [3.05, 3.63) is 46.3 Å². The second-order valence-electron chi connectivity index (χ2n) is 5.24. The molecule has 0 aromatic heterocycles. The number of fused-ring (bicyclic) bond motifs is 1. The van der Waals surface area contributed by atoms with Gasteiger partial charge >= 0.3 is 0 Å². The van der Waals surface area contributed by atoms with Crippen LogP contribution in [0, 0.1) is 0 Å². The highest BCUT2D eigenvalue weighted by atomic mass is 16.3. The number of allylic oxidation sites excluding steroid dienone is 1. The summed E-state index contributed by atoms with van der Waals surface area (Å²) < 4.78 is 0. The highest BCUT2D eigenvalue weighted by Crippen LogP contribution is 2.32. The zero-order valence-electron chi connectivity index (χ0n) is 12.1. The van der Waals surface area contributed by atoms with Crippen LogP contribution < -0.4 is 11.1 Å². The van der Waals surface area contributed by atoms with Gasteiger partial charge in [0.1, 0.15) is 6.61 Å². The Labute approximate surface area is 119 Å². The summed E-state index contributed by atoms with van der Waals surface area (Å²) >= 11 is 0. The number of hydrogen-bond donors (Lipinski definition) is 3. The topological polar surface area (TPSA) is 75.3 Å². The van der Waals surface area contributed by atoms with Gasteiger partial charge in [-0.15, -0.1) is 0 Å². The number of aliphatic hydroxyl groups is 1. The molecule has 0 saturated carbocycles. The zero-order valence-corrected chi connectivity index (χ0v) is 12.1. The molecule has 1 aliphatic rings. The van der Waals surface area contributed by atoms with Gasteiger partial charge in [-0.25, -0.2) is 0 Å². The normalized spacial score (nSPS) is 18.4. The van der Waals surface area contributed by atoms with Gasteiger partial charge in [-0.05, 0) is 42.9 Å². The number of aryl methyl sites for hydroxylation is 2. The molecule has 108 valence electrons. The van der Waals surface area contributed by atoms with E-state index in [1.54, 1.807) is 6.92 Å². The van der Waals surface area contributed by atoms with Crippen molar-refractivity contribution < 1.29 is 9.90 Å². The van der Waals surface area contributed by atoms with Crippen molar-refractivity contribution in [1.29, 1.82) is 0 Å². The molecule has 0 fully saturated rings. The molecule has 0 heterocycles. The van der Waals surface area contributed by atoms with E-state index in [0.29, 0.717) is 5.70 Å². The fourth-order valence-electron chi connectivity index (χ4n) is 2.66. The lowest BCUT2D eigenvalue weighted by molar-refractivity contribution is -0.118. The molecule has 4 N–H and O–H groups in total. The lowest BCUT2D eigenvalue weighted by Crippen LogP contribution is -2.25. The third kappa shape index (κ3) is 2.85. The Bertz CT molecular complexity index is 549. The van der Waals surface area contributed by atoms with Crippen LogP contribution >= 0.6 is 0 Å². The number of rotatable bonds is 5. The molecule has 0 amide bonds. The smallest absolute Gasteiger partial charge is 0.205 e. The summed E-state index contributed by atoms with van der Waals surface area (Å²) in [6.07, 6.45) is 3.05. The molecular formula is C16H22N2O2. The Kier molecular flexibility index (Phi) is 4.45. The van der Waals surface area contributed by atoms with Crippen LogP contribution in [-0.4, -0.2) is 17.5 Å². The van der Waals surface area contributed by atoms with Gasteiger partial charge in [-0.1, -0.05) is 25.1 Å². The highest BCUT2D eigenvalue weighted by molar-refractivity contribution is 5.95. The summed E-state index contributed by atoms with van der Waals surface area (Å²) in [4.78, 5) is 11.4. The van der Waals surface area contributed by atoms with Crippen LogP contribution in [-0.2, 0) is 17.6 Å². The molecule has 0 aliphatic heterocycles. The van der Waals surface area contributed by atoms with Crippen LogP contribution in [0.5, 0.6) is 0 Å². The SMILES string of the molecule is CCc1ccc2c(c1)C(N/C(C)=C(\N)C(=O)CO)CC2. The average Bonchev–Trinajstić information content (AvgIpc) is 2.87. The highest BCUT2D eigenvalue weighted by Gasteiger charge is 2.23. The van der Waals surface area contributed by atoms with E-state index in [9.17, 15) is 4.79 Å². The molecule has 0 bridgehead atoms. The number of nitrogens with two attached hydrogens (primary N) is 1. The number of carbonyl (C=O) groups is 1. The Morgan fingerprint density at radius 1 is 1.50 bits per heavy atom. The van der Waals surface area contributed by atoms with Gasteiger partial charge in [0, 0.05) is 5.70 Å². The predicted octanol–water partition coefficient (Wildman–Crippen LogP) is 1.58. The molecule has 20 heavy (non-hydrogen) atoms. The number of aliphatic hydroxyl groups excluding tert-OH is 1. The Morgan fingerprint density at radius 3 is 2.90 bits per heavy atom. The summed E-state index contributed by atoms with van der Waals surface area (Å²) in [5.41, 5.74) is 10.5. The van der Waals surface area contributed by atoms with Gasteiger partial charge in [0.25, 0.3) is 0 Å². The Hall–Kier alpha value is -1.81. The molecule has 1 aliphatic carbocycles. The van der Waals surface area contributed by atoms with Gasteiger partial charge < -0.3 is 16.2 Å². The molecule has 0 saturated heterocycles. The lowest BCUT2D eigenvalue weighted by atomic mass is 10.0. The van der Waals surface area contributed by atoms with Crippen molar-refractivity contribution >= 4 is 5.78 Å². The number of nitrogens with one attached hydrogen (secondary N) is 1. The minimum absolute atomic E-state index is 0.118. The van der Waals surface area contributed by atoms with E-state index in [1.165, 1.54) is 16.7 Å². The molecule has 1 aromatic carbocycles. The Balaban J connectivity index is 2.20. The second-order valence-corrected chi connectivity index (χ2v) is 5.24. The molecular weight excluding hydrogens is 252 g/mol. The van der Waals surface area contributed by atoms with E-state index in [1.807, 2.05) is 0 Å². The van der Waals surface area contributed by atoms with E-state index in [4.69, 9.17) is 10.8 Å². The summed E-state index contributed by atoms with van der Waals surface area (Å²) in [7, 11) is 0. The fourth-order valence-corrected chi connectivity index (χ4v) is 2.66. The molecule has 1 atom stereocenters. The first kappa shape index (κ1) is 14.6. The maximum Gasteiger partial charge on any atom is 0.205 e. The molecule has 4 nitrogen and oxygen atoms in total. The standard InChI is InChI=1S/C16H22N2O2/c1-3-11-4-5-12-6-7-14(13(12)8-11)18-10(2)16(17)15(20)9-19/h4-5,8,14,18-19H,3,6-7,9,17H2,1-2H3/b16-10-. The minimum atomic E-state index is -0.550. The number of ketones is 1. The maximum absolute atomic E-state index is 11.4. The van der Waals surface area contributed by atoms with Crippen LogP contribution in [0.15, 0.2) is 29.6 Å². The van der Waals surface area contributed by atoms with Crippen molar-refractivity contribution in [3.63, 3.8) is 0 Å².